The zero-order chi connectivity index (χ0) is 24.7. The minimum atomic E-state index is -0.804. The maximum atomic E-state index is 14.1. The van der Waals surface area contributed by atoms with Gasteiger partial charge >= 0.3 is 5.97 Å². The van der Waals surface area contributed by atoms with Gasteiger partial charge in [0.05, 0.1) is 18.1 Å². The zero-order valence-electron chi connectivity index (χ0n) is 18.6. The summed E-state index contributed by atoms with van der Waals surface area (Å²) in [4.78, 5) is 29.2. The number of carbonyl (C=O) groups excluding carboxylic acids is 1. The highest BCUT2D eigenvalue weighted by Gasteiger charge is 2.41. The molecule has 1 aliphatic heterocycles. The SMILES string of the molecule is CCOC(=O)C1=C(N)N(c2ccccc2)c2sc3cc(Cl)ccc3c(=O)c2C1c1ccccc1Cl. The van der Waals surface area contributed by atoms with Gasteiger partial charge in [-0.05, 0) is 48.9 Å². The first-order valence-electron chi connectivity index (χ1n) is 10.9. The monoisotopic (exact) mass is 522 g/mol. The maximum Gasteiger partial charge on any atom is 0.338 e. The van der Waals surface area contributed by atoms with E-state index in [0.29, 0.717) is 41.9 Å². The summed E-state index contributed by atoms with van der Waals surface area (Å²) in [6.07, 6.45) is 0. The molecule has 2 N–H and O–H groups in total. The van der Waals surface area contributed by atoms with Crippen LogP contribution in [0.5, 0.6) is 0 Å². The fraction of sp³-hybridized carbons (Fsp3) is 0.111. The third kappa shape index (κ3) is 3.97. The summed E-state index contributed by atoms with van der Waals surface area (Å²) < 4.78 is 6.14. The van der Waals surface area contributed by atoms with Crippen molar-refractivity contribution in [2.45, 2.75) is 12.8 Å². The number of hydrogen-bond donors (Lipinski definition) is 1. The maximum absolute atomic E-state index is 14.1. The van der Waals surface area contributed by atoms with Crippen molar-refractivity contribution in [3.8, 4) is 0 Å². The van der Waals surface area contributed by atoms with Crippen molar-refractivity contribution in [2.24, 2.45) is 5.73 Å². The Kier molecular flexibility index (Phi) is 6.28. The molecule has 0 bridgehead atoms. The van der Waals surface area contributed by atoms with Crippen LogP contribution in [0.25, 0.3) is 10.1 Å². The Morgan fingerprint density at radius 1 is 1.06 bits per heavy atom. The quantitative estimate of drug-likeness (QED) is 0.306. The summed E-state index contributed by atoms with van der Waals surface area (Å²) in [7, 11) is 0. The van der Waals surface area contributed by atoms with Gasteiger partial charge in [0.15, 0.2) is 5.43 Å². The topological polar surface area (TPSA) is 72.6 Å². The van der Waals surface area contributed by atoms with Crippen molar-refractivity contribution in [3.05, 3.63) is 116 Å². The molecule has 0 fully saturated rings. The summed E-state index contributed by atoms with van der Waals surface area (Å²) >= 11 is 14.3. The number of benzene rings is 3. The molecule has 2 heterocycles. The molecule has 0 spiro atoms. The van der Waals surface area contributed by atoms with Crippen LogP contribution >= 0.6 is 34.5 Å². The van der Waals surface area contributed by atoms with Crippen molar-refractivity contribution in [2.75, 3.05) is 11.5 Å². The van der Waals surface area contributed by atoms with E-state index in [4.69, 9.17) is 33.7 Å². The lowest BCUT2D eigenvalue weighted by molar-refractivity contribution is -0.138. The number of rotatable bonds is 4. The van der Waals surface area contributed by atoms with E-state index in [-0.39, 0.29) is 23.4 Å². The van der Waals surface area contributed by atoms with Gasteiger partial charge in [-0.3, -0.25) is 9.69 Å². The first-order chi connectivity index (χ1) is 16.9. The van der Waals surface area contributed by atoms with E-state index in [9.17, 15) is 9.59 Å². The molecule has 4 aromatic rings. The number of para-hydroxylation sites is 1. The minimum Gasteiger partial charge on any atom is -0.463 e. The fourth-order valence-corrected chi connectivity index (χ4v) is 6.16. The second-order valence-electron chi connectivity index (χ2n) is 7.94. The van der Waals surface area contributed by atoms with Crippen LogP contribution in [0.4, 0.5) is 10.7 Å². The Hall–Kier alpha value is -3.32. The number of hydrogen-bond acceptors (Lipinski definition) is 6. The van der Waals surface area contributed by atoms with Crippen molar-refractivity contribution < 1.29 is 9.53 Å². The van der Waals surface area contributed by atoms with Crippen LogP contribution in [-0.2, 0) is 9.53 Å². The Morgan fingerprint density at radius 3 is 2.49 bits per heavy atom. The molecule has 1 atom stereocenters. The summed E-state index contributed by atoms with van der Waals surface area (Å²) in [5, 5.41) is 2.05. The van der Waals surface area contributed by atoms with Crippen LogP contribution in [0.15, 0.2) is 89.0 Å². The highest BCUT2D eigenvalue weighted by atomic mass is 35.5. The number of halogens is 2. The molecular weight excluding hydrogens is 503 g/mol. The predicted molar refractivity (Wildman–Crippen MR) is 143 cm³/mol. The number of esters is 1. The van der Waals surface area contributed by atoms with E-state index < -0.39 is 11.9 Å². The number of fused-ring (bicyclic) bond motifs is 2. The Labute approximate surface area is 216 Å². The smallest absolute Gasteiger partial charge is 0.338 e. The lowest BCUT2D eigenvalue weighted by atomic mass is 9.82. The molecular formula is C27H20Cl2N2O3S. The van der Waals surface area contributed by atoms with E-state index in [2.05, 4.69) is 0 Å². The lowest BCUT2D eigenvalue weighted by Crippen LogP contribution is -2.37. The van der Waals surface area contributed by atoms with Gasteiger partial charge in [0.2, 0.25) is 0 Å². The molecule has 3 aromatic carbocycles. The molecule has 1 unspecified atom stereocenters. The summed E-state index contributed by atoms with van der Waals surface area (Å²) in [6.45, 7) is 1.88. The summed E-state index contributed by atoms with van der Waals surface area (Å²) in [5.41, 5.74) is 8.43. The van der Waals surface area contributed by atoms with Gasteiger partial charge in [0.25, 0.3) is 0 Å². The normalized spacial score (nSPS) is 15.3. The number of ether oxygens (including phenoxy) is 1. The van der Waals surface area contributed by atoms with Crippen LogP contribution in [0, 0.1) is 0 Å². The van der Waals surface area contributed by atoms with Crippen molar-refractivity contribution in [1.82, 2.24) is 0 Å². The Morgan fingerprint density at radius 2 is 1.77 bits per heavy atom. The highest BCUT2D eigenvalue weighted by molar-refractivity contribution is 7.22. The van der Waals surface area contributed by atoms with Gasteiger partial charge < -0.3 is 10.5 Å². The van der Waals surface area contributed by atoms with Gasteiger partial charge in [-0.15, -0.1) is 11.3 Å². The molecule has 5 rings (SSSR count). The van der Waals surface area contributed by atoms with E-state index in [1.165, 1.54) is 11.3 Å². The van der Waals surface area contributed by atoms with E-state index in [0.717, 1.165) is 0 Å². The molecule has 0 saturated heterocycles. The Bertz CT molecular complexity index is 1550. The molecule has 5 nitrogen and oxygen atoms in total. The highest BCUT2D eigenvalue weighted by Crippen LogP contribution is 2.49. The molecule has 0 saturated carbocycles. The lowest BCUT2D eigenvalue weighted by Gasteiger charge is -2.36. The summed E-state index contributed by atoms with van der Waals surface area (Å²) in [5.74, 6) is -1.22. The standard InChI is InChI=1S/C27H20Cl2N2O3S/c1-2-34-27(33)23-21(17-10-6-7-11-19(17)29)22-24(32)18-13-12-15(28)14-20(18)35-26(22)31(25(23)30)16-8-4-3-5-9-16/h3-14,21H,2,30H2,1H3. The number of nitrogens with two attached hydrogens (primary N) is 1. The van der Waals surface area contributed by atoms with Gasteiger partial charge in [-0.25, -0.2) is 4.79 Å². The van der Waals surface area contributed by atoms with Crippen LogP contribution in [0.2, 0.25) is 10.0 Å². The minimum absolute atomic E-state index is 0.159. The molecule has 1 aliphatic rings. The first-order valence-corrected chi connectivity index (χ1v) is 12.5. The average molecular weight is 523 g/mol. The van der Waals surface area contributed by atoms with Crippen molar-refractivity contribution in [3.63, 3.8) is 0 Å². The van der Waals surface area contributed by atoms with E-state index in [1.807, 2.05) is 36.4 Å². The summed E-state index contributed by atoms with van der Waals surface area (Å²) in [6, 6.07) is 21.7. The van der Waals surface area contributed by atoms with E-state index in [1.54, 1.807) is 48.2 Å². The van der Waals surface area contributed by atoms with Crippen LogP contribution < -0.4 is 16.1 Å². The van der Waals surface area contributed by atoms with Crippen LogP contribution in [0.1, 0.15) is 24.0 Å². The zero-order valence-corrected chi connectivity index (χ0v) is 21.0. The fourth-order valence-electron chi connectivity index (χ4n) is 4.40. The average Bonchev–Trinajstić information content (AvgIpc) is 2.84. The molecule has 1 aromatic heterocycles. The number of nitrogens with zero attached hydrogens (tertiary/aromatic N) is 1. The second-order valence-corrected chi connectivity index (χ2v) is 9.81. The molecule has 176 valence electrons. The van der Waals surface area contributed by atoms with Crippen molar-refractivity contribution in [1.29, 1.82) is 0 Å². The van der Waals surface area contributed by atoms with Crippen LogP contribution in [-0.4, -0.2) is 12.6 Å². The van der Waals surface area contributed by atoms with Gasteiger partial charge in [-0.1, -0.05) is 59.6 Å². The molecule has 0 radical (unpaired) electrons. The molecule has 35 heavy (non-hydrogen) atoms. The van der Waals surface area contributed by atoms with Crippen molar-refractivity contribution >= 4 is 61.3 Å². The first kappa shape index (κ1) is 23.4. The van der Waals surface area contributed by atoms with E-state index >= 15 is 0 Å². The molecule has 8 heteroatoms. The van der Waals surface area contributed by atoms with Gasteiger partial charge in [0, 0.05) is 31.4 Å². The van der Waals surface area contributed by atoms with Gasteiger partial charge in [0.1, 0.15) is 10.8 Å². The number of anilines is 2. The molecule has 0 aliphatic carbocycles. The second kappa shape index (κ2) is 9.38. The van der Waals surface area contributed by atoms with Crippen LogP contribution in [0.3, 0.4) is 0 Å². The van der Waals surface area contributed by atoms with Gasteiger partial charge in [-0.2, -0.15) is 0 Å². The third-order valence-electron chi connectivity index (χ3n) is 5.89. The predicted octanol–water partition coefficient (Wildman–Crippen LogP) is 6.59. The Balaban J connectivity index is 1.93. The number of carbonyl (C=O) groups is 1. The largest absolute Gasteiger partial charge is 0.463 e. The third-order valence-corrected chi connectivity index (χ3v) is 7.63. The molecule has 0 amide bonds.